The van der Waals surface area contributed by atoms with Crippen molar-refractivity contribution in [3.05, 3.63) is 57.9 Å². The minimum atomic E-state index is -0.134. The van der Waals surface area contributed by atoms with Gasteiger partial charge >= 0.3 is 5.69 Å². The monoisotopic (exact) mass is 362 g/mol. The number of hydrogen-bond donors (Lipinski definition) is 2. The zero-order valence-electron chi connectivity index (χ0n) is 14.6. The Morgan fingerprint density at radius 1 is 1.33 bits per heavy atom. The molecule has 1 unspecified atom stereocenters. The second-order valence-electron chi connectivity index (χ2n) is 6.84. The number of nitriles is 1. The third-order valence-electron chi connectivity index (χ3n) is 5.28. The van der Waals surface area contributed by atoms with E-state index in [9.17, 15) is 10.1 Å². The van der Waals surface area contributed by atoms with Crippen molar-refractivity contribution < 1.29 is 4.74 Å². The lowest BCUT2D eigenvalue weighted by Gasteiger charge is -2.27. The molecule has 0 saturated carbocycles. The quantitative estimate of drug-likeness (QED) is 0.728. The number of pyridine rings is 1. The highest BCUT2D eigenvalue weighted by molar-refractivity contribution is 5.69. The van der Waals surface area contributed by atoms with Crippen LogP contribution in [0.3, 0.4) is 0 Å². The van der Waals surface area contributed by atoms with Crippen LogP contribution in [0.1, 0.15) is 41.7 Å². The second-order valence-corrected chi connectivity index (χ2v) is 6.84. The molecule has 3 aromatic rings. The Labute approximate surface area is 154 Å². The topological polar surface area (TPSA) is 100 Å². The van der Waals surface area contributed by atoms with E-state index in [2.05, 4.69) is 21.5 Å². The number of ether oxygens (including phenoxy) is 1. The summed E-state index contributed by atoms with van der Waals surface area (Å²) in [6, 6.07) is 5.73. The normalized spacial score (nSPS) is 19.6. The predicted molar refractivity (Wildman–Crippen MR) is 99.4 cm³/mol. The summed E-state index contributed by atoms with van der Waals surface area (Å²) in [6.07, 6.45) is 9.16. The molecular formula is C19H18N6O2. The van der Waals surface area contributed by atoms with Crippen LogP contribution in [0, 0.1) is 11.3 Å². The maximum Gasteiger partial charge on any atom is 0.327 e. The van der Waals surface area contributed by atoms with Crippen LogP contribution in [-0.2, 0) is 4.74 Å². The van der Waals surface area contributed by atoms with Gasteiger partial charge in [0.25, 0.3) is 0 Å². The molecule has 5 rings (SSSR count). The molecule has 1 saturated heterocycles. The molecule has 3 aromatic heterocycles. The molecule has 0 spiro atoms. The van der Waals surface area contributed by atoms with Gasteiger partial charge in [-0.2, -0.15) is 10.4 Å². The fourth-order valence-electron chi connectivity index (χ4n) is 3.90. The number of anilines is 1. The van der Waals surface area contributed by atoms with Gasteiger partial charge in [-0.1, -0.05) is 6.08 Å². The average molecular weight is 362 g/mol. The summed E-state index contributed by atoms with van der Waals surface area (Å²) >= 11 is 0. The van der Waals surface area contributed by atoms with Gasteiger partial charge in [-0.05, 0) is 31.1 Å². The molecule has 2 aliphatic heterocycles. The first kappa shape index (κ1) is 15.9. The number of aromatic amines is 1. The fraction of sp³-hybridized carbons (Fsp3) is 0.316. The first-order valence-corrected chi connectivity index (χ1v) is 8.99. The summed E-state index contributed by atoms with van der Waals surface area (Å²) in [5, 5.41) is 17.1. The smallest absolute Gasteiger partial charge is 0.327 e. The number of hydrogen-bond acceptors (Lipinski definition) is 5. The lowest BCUT2D eigenvalue weighted by atomic mass is 10.0. The molecule has 0 amide bonds. The Hall–Kier alpha value is -3.31. The molecule has 5 heterocycles. The van der Waals surface area contributed by atoms with E-state index in [0.29, 0.717) is 18.8 Å². The molecule has 1 fully saturated rings. The van der Waals surface area contributed by atoms with E-state index in [-0.39, 0.29) is 17.8 Å². The third kappa shape index (κ3) is 2.55. The maximum absolute atomic E-state index is 12.5. The average Bonchev–Trinajstić information content (AvgIpc) is 3.27. The minimum Gasteiger partial charge on any atom is -0.381 e. The highest BCUT2D eigenvalue weighted by atomic mass is 16.5. The number of H-pyrrole nitrogens is 1. The molecular weight excluding hydrogens is 344 g/mol. The van der Waals surface area contributed by atoms with Crippen molar-refractivity contribution in [2.24, 2.45) is 0 Å². The van der Waals surface area contributed by atoms with E-state index in [0.717, 1.165) is 35.4 Å². The van der Waals surface area contributed by atoms with E-state index < -0.39 is 0 Å². The Kier molecular flexibility index (Phi) is 3.62. The highest BCUT2D eigenvalue weighted by Gasteiger charge is 2.27. The van der Waals surface area contributed by atoms with Crippen LogP contribution in [0.25, 0.3) is 11.6 Å². The summed E-state index contributed by atoms with van der Waals surface area (Å²) in [5.74, 6) is 0.801. The van der Waals surface area contributed by atoms with Gasteiger partial charge in [-0.3, -0.25) is 4.57 Å². The van der Waals surface area contributed by atoms with Crippen LogP contribution in [0.15, 0.2) is 35.4 Å². The van der Waals surface area contributed by atoms with Gasteiger partial charge in [0.15, 0.2) is 0 Å². The van der Waals surface area contributed by atoms with Crippen LogP contribution in [0.5, 0.6) is 0 Å². The molecule has 27 heavy (non-hydrogen) atoms. The summed E-state index contributed by atoms with van der Waals surface area (Å²) in [7, 11) is 0. The van der Waals surface area contributed by atoms with E-state index in [1.807, 2.05) is 22.8 Å². The number of rotatable bonds is 2. The van der Waals surface area contributed by atoms with Gasteiger partial charge in [0.05, 0.1) is 35.1 Å². The second kappa shape index (κ2) is 6.14. The molecule has 8 heteroatoms. The van der Waals surface area contributed by atoms with E-state index in [1.54, 1.807) is 23.0 Å². The summed E-state index contributed by atoms with van der Waals surface area (Å²) in [6.45, 7) is 1.34. The Bertz CT molecular complexity index is 1140. The first-order valence-electron chi connectivity index (χ1n) is 8.99. The van der Waals surface area contributed by atoms with Crippen molar-refractivity contribution >= 4 is 17.4 Å². The lowest BCUT2D eigenvalue weighted by molar-refractivity contribution is 0.0692. The van der Waals surface area contributed by atoms with Gasteiger partial charge in [-0.15, -0.1) is 0 Å². The van der Waals surface area contributed by atoms with Crippen LogP contribution < -0.4 is 11.0 Å². The fourth-order valence-corrected chi connectivity index (χ4v) is 3.90. The van der Waals surface area contributed by atoms with Gasteiger partial charge in [0.1, 0.15) is 5.82 Å². The molecule has 1 atom stereocenters. The van der Waals surface area contributed by atoms with Gasteiger partial charge in [-0.25, -0.2) is 9.31 Å². The Balaban J connectivity index is 1.55. The van der Waals surface area contributed by atoms with Crippen molar-refractivity contribution in [2.75, 3.05) is 18.5 Å². The predicted octanol–water partition coefficient (Wildman–Crippen LogP) is 2.23. The first-order chi connectivity index (χ1) is 13.2. The van der Waals surface area contributed by atoms with Crippen molar-refractivity contribution in [3.8, 4) is 6.07 Å². The zero-order valence-corrected chi connectivity index (χ0v) is 14.6. The van der Waals surface area contributed by atoms with Gasteiger partial charge in [0.2, 0.25) is 0 Å². The molecule has 0 aliphatic carbocycles. The highest BCUT2D eigenvalue weighted by Crippen LogP contribution is 2.33. The van der Waals surface area contributed by atoms with Crippen LogP contribution in [-0.4, -0.2) is 32.4 Å². The minimum absolute atomic E-state index is 0.101. The van der Waals surface area contributed by atoms with E-state index in [4.69, 9.17) is 4.74 Å². The van der Waals surface area contributed by atoms with Gasteiger partial charge in [0, 0.05) is 31.0 Å². The summed E-state index contributed by atoms with van der Waals surface area (Å²) < 4.78 is 9.01. The number of imidazole rings is 1. The zero-order chi connectivity index (χ0) is 18.4. The van der Waals surface area contributed by atoms with E-state index in [1.165, 1.54) is 0 Å². The molecule has 0 radical (unpaired) electrons. The summed E-state index contributed by atoms with van der Waals surface area (Å²) in [4.78, 5) is 15.5. The third-order valence-corrected chi connectivity index (χ3v) is 5.28. The van der Waals surface area contributed by atoms with Crippen molar-refractivity contribution in [1.29, 1.82) is 5.26 Å². The van der Waals surface area contributed by atoms with Crippen molar-refractivity contribution in [3.63, 3.8) is 0 Å². The lowest BCUT2D eigenvalue weighted by Crippen LogP contribution is -2.29. The molecule has 2 N–H and O–H groups in total. The molecule has 8 nitrogen and oxygen atoms in total. The number of aromatic nitrogens is 4. The molecule has 0 aromatic carbocycles. The maximum atomic E-state index is 12.5. The van der Waals surface area contributed by atoms with Crippen LogP contribution in [0.4, 0.5) is 5.82 Å². The SMILES string of the molecule is N#Cc1ccn2ncc(C3C=Cc4[nH]c(=O)n(C5CCOCC5)c4N3)c2c1. The molecule has 136 valence electrons. The van der Waals surface area contributed by atoms with Crippen LogP contribution in [0.2, 0.25) is 0 Å². The summed E-state index contributed by atoms with van der Waals surface area (Å²) in [5.41, 5.74) is 3.11. The van der Waals surface area contributed by atoms with Crippen LogP contribution >= 0.6 is 0 Å². The van der Waals surface area contributed by atoms with Crippen molar-refractivity contribution in [2.45, 2.75) is 24.9 Å². The van der Waals surface area contributed by atoms with E-state index >= 15 is 0 Å². The number of nitrogens with one attached hydrogen (secondary N) is 2. The van der Waals surface area contributed by atoms with Crippen molar-refractivity contribution in [1.82, 2.24) is 19.2 Å². The number of nitrogens with zero attached hydrogens (tertiary/aromatic N) is 4. The molecule has 2 aliphatic rings. The Morgan fingerprint density at radius 2 is 2.19 bits per heavy atom. The molecule has 0 bridgehead atoms. The Morgan fingerprint density at radius 3 is 3.00 bits per heavy atom. The van der Waals surface area contributed by atoms with Gasteiger partial charge < -0.3 is 15.0 Å². The number of fused-ring (bicyclic) bond motifs is 2. The standard InChI is InChI=1S/C19H18N6O2/c20-10-12-3-6-24-17(9-12)14(11-21-24)15-1-2-16-18(22-15)25(19(26)23-16)13-4-7-27-8-5-13/h1-3,6,9,11,13,15,22H,4-5,7-8H2,(H,23,26). The largest absolute Gasteiger partial charge is 0.381 e.